The van der Waals surface area contributed by atoms with E-state index in [-0.39, 0.29) is 0 Å². The van der Waals surface area contributed by atoms with Crippen molar-refractivity contribution in [1.82, 2.24) is 0 Å². The SMILES string of the molecule is CC(C=O)=CC1CC2CC(C1C)C2(C)C. The van der Waals surface area contributed by atoms with Gasteiger partial charge in [-0.3, -0.25) is 4.79 Å². The molecular weight excluding hydrogens is 184 g/mol. The van der Waals surface area contributed by atoms with E-state index in [1.807, 2.05) is 6.92 Å². The Kier molecular flexibility index (Phi) is 2.52. The lowest BCUT2D eigenvalue weighted by Crippen LogP contribution is -2.54. The van der Waals surface area contributed by atoms with E-state index in [1.54, 1.807) is 0 Å². The molecule has 0 aromatic heterocycles. The van der Waals surface area contributed by atoms with Crippen LogP contribution in [0.25, 0.3) is 0 Å². The monoisotopic (exact) mass is 206 g/mol. The molecule has 3 fully saturated rings. The predicted octanol–water partition coefficient (Wildman–Crippen LogP) is 3.45. The number of aldehydes is 1. The van der Waals surface area contributed by atoms with Gasteiger partial charge >= 0.3 is 0 Å². The first kappa shape index (κ1) is 10.9. The number of carbonyl (C=O) groups excluding carboxylic acids is 1. The summed E-state index contributed by atoms with van der Waals surface area (Å²) in [6, 6.07) is 0. The third-order valence-electron chi connectivity index (χ3n) is 5.08. The Labute approximate surface area is 92.9 Å². The van der Waals surface area contributed by atoms with E-state index < -0.39 is 0 Å². The second-order valence-corrected chi connectivity index (χ2v) is 6.15. The van der Waals surface area contributed by atoms with Gasteiger partial charge in [0.25, 0.3) is 0 Å². The molecule has 4 atom stereocenters. The van der Waals surface area contributed by atoms with Gasteiger partial charge in [-0.05, 0) is 54.4 Å². The van der Waals surface area contributed by atoms with Crippen molar-refractivity contribution in [3.05, 3.63) is 11.6 Å². The molecule has 0 radical (unpaired) electrons. The lowest BCUT2D eigenvalue weighted by atomic mass is 9.43. The van der Waals surface area contributed by atoms with Crippen molar-refractivity contribution < 1.29 is 4.79 Å². The van der Waals surface area contributed by atoms with Crippen LogP contribution in [0.5, 0.6) is 0 Å². The van der Waals surface area contributed by atoms with Crippen LogP contribution in [0, 0.1) is 29.1 Å². The highest BCUT2D eigenvalue weighted by Gasteiger charge is 2.55. The van der Waals surface area contributed by atoms with Crippen molar-refractivity contribution in [3.8, 4) is 0 Å². The van der Waals surface area contributed by atoms with Crippen molar-refractivity contribution in [2.45, 2.75) is 40.5 Å². The van der Waals surface area contributed by atoms with Gasteiger partial charge in [0, 0.05) is 0 Å². The van der Waals surface area contributed by atoms with Crippen LogP contribution in [0.15, 0.2) is 11.6 Å². The fraction of sp³-hybridized carbons (Fsp3) is 0.786. The normalized spacial score (nSPS) is 43.3. The van der Waals surface area contributed by atoms with Crippen molar-refractivity contribution >= 4 is 6.29 Å². The summed E-state index contributed by atoms with van der Waals surface area (Å²) in [5.41, 5.74) is 1.46. The minimum Gasteiger partial charge on any atom is -0.298 e. The maximum atomic E-state index is 10.6. The molecule has 0 aliphatic heterocycles. The number of allylic oxidation sites excluding steroid dienone is 2. The third-order valence-corrected chi connectivity index (χ3v) is 5.08. The summed E-state index contributed by atoms with van der Waals surface area (Å²) in [4.78, 5) is 10.6. The highest BCUT2D eigenvalue weighted by molar-refractivity contribution is 5.72. The first-order chi connectivity index (χ1) is 6.96. The van der Waals surface area contributed by atoms with Crippen LogP contribution in [0.1, 0.15) is 40.5 Å². The summed E-state index contributed by atoms with van der Waals surface area (Å²) < 4.78 is 0. The quantitative estimate of drug-likeness (QED) is 0.499. The second-order valence-electron chi connectivity index (χ2n) is 6.15. The Hall–Kier alpha value is -0.590. The Morgan fingerprint density at radius 1 is 1.33 bits per heavy atom. The average Bonchev–Trinajstić information content (AvgIpc) is 2.19. The maximum absolute atomic E-state index is 10.6. The van der Waals surface area contributed by atoms with Crippen LogP contribution < -0.4 is 0 Å². The molecule has 0 spiro atoms. The Morgan fingerprint density at radius 3 is 2.47 bits per heavy atom. The highest BCUT2D eigenvalue weighted by Crippen LogP contribution is 2.63. The Morgan fingerprint density at radius 2 is 2.00 bits per heavy atom. The van der Waals surface area contributed by atoms with E-state index in [0.717, 1.165) is 29.6 Å². The fourth-order valence-corrected chi connectivity index (χ4v) is 3.79. The van der Waals surface area contributed by atoms with Crippen LogP contribution >= 0.6 is 0 Å². The molecule has 3 aliphatic carbocycles. The van der Waals surface area contributed by atoms with Crippen molar-refractivity contribution in [2.24, 2.45) is 29.1 Å². The Balaban J connectivity index is 2.12. The van der Waals surface area contributed by atoms with Gasteiger partial charge < -0.3 is 0 Å². The van der Waals surface area contributed by atoms with Gasteiger partial charge in [0.2, 0.25) is 0 Å². The number of carbonyl (C=O) groups is 1. The van der Waals surface area contributed by atoms with E-state index in [4.69, 9.17) is 0 Å². The summed E-state index contributed by atoms with van der Waals surface area (Å²) in [6.45, 7) is 9.11. The molecule has 3 aliphatic rings. The standard InChI is InChI=1S/C14H22O/c1-9(8-15)5-11-6-12-7-13(10(11)2)14(12,3)4/h5,8,10-13H,6-7H2,1-4H3. The molecule has 0 aromatic carbocycles. The van der Waals surface area contributed by atoms with Gasteiger partial charge in [-0.15, -0.1) is 0 Å². The molecule has 0 heterocycles. The minimum atomic E-state index is 0.554. The first-order valence-electron chi connectivity index (χ1n) is 6.10. The second kappa shape index (κ2) is 3.47. The molecule has 2 bridgehead atoms. The number of hydrogen-bond donors (Lipinski definition) is 0. The zero-order valence-corrected chi connectivity index (χ0v) is 10.3. The van der Waals surface area contributed by atoms with E-state index in [2.05, 4.69) is 26.8 Å². The van der Waals surface area contributed by atoms with E-state index in [0.29, 0.717) is 11.3 Å². The number of fused-ring (bicyclic) bond motifs is 2. The van der Waals surface area contributed by atoms with Gasteiger partial charge in [0.05, 0.1) is 0 Å². The van der Waals surface area contributed by atoms with Gasteiger partial charge in [-0.25, -0.2) is 0 Å². The zero-order valence-electron chi connectivity index (χ0n) is 10.3. The molecule has 15 heavy (non-hydrogen) atoms. The highest BCUT2D eigenvalue weighted by atomic mass is 16.1. The van der Waals surface area contributed by atoms with E-state index in [9.17, 15) is 4.79 Å². The van der Waals surface area contributed by atoms with Gasteiger partial charge in [0.15, 0.2) is 0 Å². The molecular formula is C14H22O. The molecule has 4 unspecified atom stereocenters. The summed E-state index contributed by atoms with van der Waals surface area (Å²) in [6.07, 6.45) is 5.89. The summed E-state index contributed by atoms with van der Waals surface area (Å²) in [7, 11) is 0. The van der Waals surface area contributed by atoms with E-state index >= 15 is 0 Å². The minimum absolute atomic E-state index is 0.554. The van der Waals surface area contributed by atoms with Gasteiger partial charge in [-0.2, -0.15) is 0 Å². The molecule has 3 saturated carbocycles. The van der Waals surface area contributed by atoms with Crippen LogP contribution in [0.3, 0.4) is 0 Å². The molecule has 0 amide bonds. The lowest BCUT2D eigenvalue weighted by molar-refractivity contribution is -0.118. The molecule has 1 nitrogen and oxygen atoms in total. The fourth-order valence-electron chi connectivity index (χ4n) is 3.79. The van der Waals surface area contributed by atoms with Crippen LogP contribution in [0.4, 0.5) is 0 Å². The summed E-state index contributed by atoms with van der Waals surface area (Å²) >= 11 is 0. The topological polar surface area (TPSA) is 17.1 Å². The van der Waals surface area contributed by atoms with Crippen LogP contribution in [-0.2, 0) is 4.79 Å². The van der Waals surface area contributed by atoms with Crippen LogP contribution in [-0.4, -0.2) is 6.29 Å². The number of hydrogen-bond acceptors (Lipinski definition) is 1. The van der Waals surface area contributed by atoms with Crippen LogP contribution in [0.2, 0.25) is 0 Å². The van der Waals surface area contributed by atoms with Gasteiger partial charge in [0.1, 0.15) is 6.29 Å². The summed E-state index contributed by atoms with van der Waals surface area (Å²) in [5.74, 6) is 3.16. The van der Waals surface area contributed by atoms with E-state index in [1.165, 1.54) is 12.8 Å². The third kappa shape index (κ3) is 1.56. The average molecular weight is 206 g/mol. The van der Waals surface area contributed by atoms with Crippen molar-refractivity contribution in [1.29, 1.82) is 0 Å². The largest absolute Gasteiger partial charge is 0.298 e. The van der Waals surface area contributed by atoms with Crippen molar-refractivity contribution in [2.75, 3.05) is 0 Å². The van der Waals surface area contributed by atoms with Crippen molar-refractivity contribution in [3.63, 3.8) is 0 Å². The molecule has 0 saturated heterocycles. The maximum Gasteiger partial charge on any atom is 0.145 e. The smallest absolute Gasteiger partial charge is 0.145 e. The zero-order chi connectivity index (χ0) is 11.2. The summed E-state index contributed by atoms with van der Waals surface area (Å²) in [5, 5.41) is 0. The molecule has 84 valence electrons. The molecule has 1 heteroatoms. The predicted molar refractivity (Wildman–Crippen MR) is 62.5 cm³/mol. The molecule has 0 aromatic rings. The van der Waals surface area contributed by atoms with Gasteiger partial charge in [-0.1, -0.05) is 26.8 Å². The lowest BCUT2D eigenvalue weighted by Gasteiger charge is -2.61. The Bertz CT molecular complexity index is 300. The molecule has 3 rings (SSSR count). The number of rotatable bonds is 2. The molecule has 0 N–H and O–H groups in total. The first-order valence-corrected chi connectivity index (χ1v) is 6.10.